The van der Waals surface area contributed by atoms with Gasteiger partial charge in [0.15, 0.2) is 41.6 Å². The van der Waals surface area contributed by atoms with Crippen LogP contribution in [-0.4, -0.2) is 85.3 Å². The molecule has 198 valence electrons. The van der Waals surface area contributed by atoms with Gasteiger partial charge in [-0.15, -0.1) is 0 Å². The van der Waals surface area contributed by atoms with Crippen LogP contribution in [0.3, 0.4) is 0 Å². The third-order valence-electron chi connectivity index (χ3n) is 4.66. The second kappa shape index (κ2) is 11.1. The van der Waals surface area contributed by atoms with Crippen LogP contribution in [0.15, 0.2) is 0 Å². The molecule has 0 aromatic carbocycles. The fraction of sp³-hybridized carbons (Fsp3) is 1.00. The van der Waals surface area contributed by atoms with Crippen LogP contribution in [0.4, 0.5) is 0 Å². The first-order chi connectivity index (χ1) is 14.4. The molecule has 1 rings (SSSR count). The molecule has 1 saturated carbocycles. The van der Waals surface area contributed by atoms with Crippen molar-refractivity contribution in [2.75, 3.05) is 7.11 Å². The first-order valence-corrected chi connectivity index (χ1v) is 29.4. The van der Waals surface area contributed by atoms with E-state index in [0.717, 1.165) is 0 Å². The number of rotatable bonds is 11. The summed E-state index contributed by atoms with van der Waals surface area (Å²) in [7, 11) is -7.92. The van der Waals surface area contributed by atoms with Crippen LogP contribution in [0.1, 0.15) is 0 Å². The molecule has 6 atom stereocenters. The van der Waals surface area contributed by atoms with Crippen molar-refractivity contribution in [1.82, 2.24) is 0 Å². The van der Waals surface area contributed by atoms with Gasteiger partial charge >= 0.3 is 0 Å². The minimum absolute atomic E-state index is 0.260. The van der Waals surface area contributed by atoms with Crippen molar-refractivity contribution in [3.05, 3.63) is 0 Å². The summed E-state index contributed by atoms with van der Waals surface area (Å²) in [5.74, 6) is 0. The smallest absolute Gasteiger partial charge is 0.184 e. The molecule has 0 bridgehead atoms. The summed E-state index contributed by atoms with van der Waals surface area (Å²) in [6.07, 6.45) is -1.60. The van der Waals surface area contributed by atoms with Crippen molar-refractivity contribution < 1.29 is 26.9 Å². The van der Waals surface area contributed by atoms with Crippen LogP contribution >= 0.6 is 0 Å². The molecule has 0 aromatic heterocycles. The van der Waals surface area contributed by atoms with E-state index in [9.17, 15) is 0 Å². The Morgan fingerprint density at radius 3 is 0.576 bits per heavy atom. The molecule has 0 aromatic rings. The Kier molecular flexibility index (Phi) is 10.7. The van der Waals surface area contributed by atoms with Crippen molar-refractivity contribution in [2.45, 2.75) is 135 Å². The third kappa shape index (κ3) is 11.6. The van der Waals surface area contributed by atoms with E-state index in [1.807, 2.05) is 0 Å². The Hall–Kier alpha value is 0.844. The van der Waals surface area contributed by atoms with E-state index >= 15 is 0 Å². The van der Waals surface area contributed by atoms with E-state index in [1.165, 1.54) is 0 Å². The Bertz CT molecular complexity index is 571. The van der Waals surface area contributed by atoms with E-state index < -0.39 is 41.6 Å². The quantitative estimate of drug-likeness (QED) is 0.287. The van der Waals surface area contributed by atoms with E-state index in [-0.39, 0.29) is 36.6 Å². The molecular weight excluding hydrogens is 501 g/mol. The summed E-state index contributed by atoms with van der Waals surface area (Å²) in [6.45, 7) is 33.4. The van der Waals surface area contributed by atoms with Crippen LogP contribution in [0.25, 0.3) is 0 Å². The lowest BCUT2D eigenvalue weighted by Crippen LogP contribution is -2.72. The van der Waals surface area contributed by atoms with Gasteiger partial charge in [0, 0.05) is 7.11 Å². The SMILES string of the molecule is COC1[C@@H](O[Si](C)(C)C)[C@@H](O[Si](C)(C)C)C(O[Si](C)(C)C)[C@H](O[Si](C)(C)C)[C@H]1O[Si](C)(C)C. The summed E-state index contributed by atoms with van der Waals surface area (Å²) >= 11 is 0. The van der Waals surface area contributed by atoms with Gasteiger partial charge in [0.05, 0.1) is 0 Å². The van der Waals surface area contributed by atoms with E-state index in [1.54, 1.807) is 7.11 Å². The van der Waals surface area contributed by atoms with Crippen LogP contribution < -0.4 is 0 Å². The van der Waals surface area contributed by atoms with Crippen molar-refractivity contribution in [3.63, 3.8) is 0 Å². The molecule has 0 radical (unpaired) electrons. The van der Waals surface area contributed by atoms with Gasteiger partial charge in [-0.05, 0) is 98.2 Å². The highest BCUT2D eigenvalue weighted by atomic mass is 28.4. The first kappa shape index (κ1) is 31.9. The second-order valence-electron chi connectivity index (χ2n) is 14.2. The van der Waals surface area contributed by atoms with Gasteiger partial charge in [-0.3, -0.25) is 0 Å². The van der Waals surface area contributed by atoms with Gasteiger partial charge in [-0.1, -0.05) is 0 Å². The summed E-state index contributed by atoms with van der Waals surface area (Å²) in [5.41, 5.74) is 0. The Morgan fingerprint density at radius 1 is 0.303 bits per heavy atom. The molecule has 33 heavy (non-hydrogen) atoms. The molecule has 1 aliphatic rings. The second-order valence-corrected chi connectivity index (χ2v) is 36.5. The number of methoxy groups -OCH3 is 1. The van der Waals surface area contributed by atoms with Crippen molar-refractivity contribution >= 4 is 41.6 Å². The maximum atomic E-state index is 6.93. The molecule has 1 fully saturated rings. The van der Waals surface area contributed by atoms with Gasteiger partial charge in [0.1, 0.15) is 36.6 Å². The molecule has 0 heterocycles. The van der Waals surface area contributed by atoms with Gasteiger partial charge < -0.3 is 26.9 Å². The minimum atomic E-state index is -1.95. The number of hydrogen-bond acceptors (Lipinski definition) is 6. The zero-order chi connectivity index (χ0) is 26.2. The summed E-state index contributed by atoms with van der Waals surface area (Å²) in [4.78, 5) is 0. The molecule has 6 nitrogen and oxygen atoms in total. The van der Waals surface area contributed by atoms with Crippen LogP contribution in [0.2, 0.25) is 98.2 Å². The molecule has 0 aliphatic heterocycles. The molecule has 0 amide bonds. The molecule has 0 spiro atoms. The number of hydrogen-bond donors (Lipinski definition) is 0. The topological polar surface area (TPSA) is 55.4 Å². The average molecular weight is 555 g/mol. The standard InChI is InChI=1S/C22H54O6Si5/c1-23-17-18(24-29(2,3)4)20(26-31(8,9)10)22(28-33(14,15)16)21(27-32(11,12)13)19(17)25-30(5,6)7/h17-22H,1-16H3/t17?,18-,19+,20-,21-,22?/m1/s1. The summed E-state index contributed by atoms with van der Waals surface area (Å²) < 4.78 is 40.6. The highest BCUT2D eigenvalue weighted by molar-refractivity contribution is 6.71. The minimum Gasteiger partial charge on any atom is -0.409 e. The average Bonchev–Trinajstić information content (AvgIpc) is 2.48. The molecule has 0 saturated heterocycles. The molecular formula is C22H54O6Si5. The molecule has 11 heteroatoms. The predicted molar refractivity (Wildman–Crippen MR) is 152 cm³/mol. The monoisotopic (exact) mass is 554 g/mol. The highest BCUT2D eigenvalue weighted by Gasteiger charge is 2.57. The lowest BCUT2D eigenvalue weighted by atomic mass is 9.85. The van der Waals surface area contributed by atoms with Crippen LogP contribution in [0.5, 0.6) is 0 Å². The van der Waals surface area contributed by atoms with E-state index in [0.29, 0.717) is 0 Å². The van der Waals surface area contributed by atoms with Crippen molar-refractivity contribution in [1.29, 1.82) is 0 Å². The van der Waals surface area contributed by atoms with E-state index in [4.69, 9.17) is 26.9 Å². The fourth-order valence-corrected chi connectivity index (χ4v) is 9.53. The Balaban J connectivity index is 3.77. The van der Waals surface area contributed by atoms with Crippen LogP contribution in [0, 0.1) is 0 Å². The zero-order valence-electron chi connectivity index (χ0n) is 24.4. The summed E-state index contributed by atoms with van der Waals surface area (Å²) in [5, 5.41) is 0. The molecule has 1 aliphatic carbocycles. The largest absolute Gasteiger partial charge is 0.409 e. The van der Waals surface area contributed by atoms with Gasteiger partial charge in [-0.25, -0.2) is 0 Å². The predicted octanol–water partition coefficient (Wildman–Crippen LogP) is 6.12. The van der Waals surface area contributed by atoms with Crippen molar-refractivity contribution in [3.8, 4) is 0 Å². The number of ether oxygens (including phenoxy) is 1. The Labute approximate surface area is 210 Å². The lowest BCUT2D eigenvalue weighted by Gasteiger charge is -2.55. The lowest BCUT2D eigenvalue weighted by molar-refractivity contribution is -0.207. The van der Waals surface area contributed by atoms with Crippen LogP contribution in [-0.2, 0) is 26.9 Å². The van der Waals surface area contributed by atoms with Gasteiger partial charge in [-0.2, -0.15) is 0 Å². The zero-order valence-corrected chi connectivity index (χ0v) is 29.4. The highest BCUT2D eigenvalue weighted by Crippen LogP contribution is 2.39. The summed E-state index contributed by atoms with van der Waals surface area (Å²) in [6, 6.07) is 0. The first-order valence-electron chi connectivity index (χ1n) is 12.3. The Morgan fingerprint density at radius 2 is 0.455 bits per heavy atom. The van der Waals surface area contributed by atoms with Gasteiger partial charge in [0.2, 0.25) is 0 Å². The van der Waals surface area contributed by atoms with Gasteiger partial charge in [0.25, 0.3) is 0 Å². The normalized spacial score (nSPS) is 30.5. The maximum absolute atomic E-state index is 6.93. The van der Waals surface area contributed by atoms with E-state index in [2.05, 4.69) is 98.2 Å². The molecule has 2 unspecified atom stereocenters. The third-order valence-corrected chi connectivity index (χ3v) is 9.56. The van der Waals surface area contributed by atoms with Crippen molar-refractivity contribution in [2.24, 2.45) is 0 Å². The molecule has 0 N–H and O–H groups in total. The fourth-order valence-electron chi connectivity index (χ4n) is 4.10. The maximum Gasteiger partial charge on any atom is 0.184 e.